The quantitative estimate of drug-likeness (QED) is 0.796. The number of fused-ring (bicyclic) bond motifs is 1. The molecule has 0 saturated heterocycles. The van der Waals surface area contributed by atoms with Gasteiger partial charge in [-0.15, -0.1) is 0 Å². The summed E-state index contributed by atoms with van der Waals surface area (Å²) >= 11 is 0. The van der Waals surface area contributed by atoms with Crippen LogP contribution in [0.3, 0.4) is 0 Å². The Morgan fingerprint density at radius 3 is 2.66 bits per heavy atom. The van der Waals surface area contributed by atoms with Crippen molar-refractivity contribution >= 4 is 16.8 Å². The summed E-state index contributed by atoms with van der Waals surface area (Å²) < 4.78 is 19.8. The Morgan fingerprint density at radius 1 is 1.24 bits per heavy atom. The van der Waals surface area contributed by atoms with Gasteiger partial charge in [0.05, 0.1) is 5.60 Å². The SMILES string of the molecule is CC(C)(O)C1CCC(NC(=O)C2CC(Oc3cc(F)cc4cccnc34)C2)CC1. The number of hydrogen-bond donors (Lipinski definition) is 2. The minimum absolute atomic E-state index is 0.0558. The van der Waals surface area contributed by atoms with Crippen molar-refractivity contribution in [1.82, 2.24) is 10.3 Å². The monoisotopic (exact) mass is 400 g/mol. The van der Waals surface area contributed by atoms with Gasteiger partial charge >= 0.3 is 0 Å². The molecule has 2 aromatic rings. The van der Waals surface area contributed by atoms with Crippen LogP contribution >= 0.6 is 0 Å². The maximum atomic E-state index is 13.8. The third kappa shape index (κ3) is 4.53. The van der Waals surface area contributed by atoms with Crippen LogP contribution in [0.4, 0.5) is 4.39 Å². The molecule has 0 spiro atoms. The molecule has 1 aromatic carbocycles. The number of carbonyl (C=O) groups excluding carboxylic acids is 1. The lowest BCUT2D eigenvalue weighted by Gasteiger charge is -2.38. The molecule has 0 radical (unpaired) electrons. The van der Waals surface area contributed by atoms with Gasteiger partial charge in [-0.05, 0) is 70.4 Å². The minimum atomic E-state index is -0.649. The number of amides is 1. The molecule has 1 heterocycles. The summed E-state index contributed by atoms with van der Waals surface area (Å²) in [6.45, 7) is 3.73. The summed E-state index contributed by atoms with van der Waals surface area (Å²) in [4.78, 5) is 16.8. The van der Waals surface area contributed by atoms with Crippen LogP contribution in [0.25, 0.3) is 10.9 Å². The second kappa shape index (κ2) is 7.90. The molecule has 29 heavy (non-hydrogen) atoms. The fourth-order valence-corrected chi connectivity index (χ4v) is 4.53. The number of nitrogens with zero attached hydrogens (tertiary/aromatic N) is 1. The van der Waals surface area contributed by atoms with Crippen LogP contribution in [0.2, 0.25) is 0 Å². The van der Waals surface area contributed by atoms with Crippen LogP contribution in [0, 0.1) is 17.7 Å². The van der Waals surface area contributed by atoms with Gasteiger partial charge in [0.1, 0.15) is 23.2 Å². The Balaban J connectivity index is 1.27. The number of rotatable bonds is 5. The van der Waals surface area contributed by atoms with Crippen molar-refractivity contribution in [2.75, 3.05) is 0 Å². The summed E-state index contributed by atoms with van der Waals surface area (Å²) in [5, 5.41) is 14.0. The first-order valence-electron chi connectivity index (χ1n) is 10.5. The number of pyridine rings is 1. The van der Waals surface area contributed by atoms with E-state index in [0.717, 1.165) is 25.7 Å². The number of aliphatic hydroxyl groups is 1. The van der Waals surface area contributed by atoms with Gasteiger partial charge in [0.15, 0.2) is 0 Å². The molecule has 2 saturated carbocycles. The van der Waals surface area contributed by atoms with E-state index in [1.165, 1.54) is 12.1 Å². The molecule has 4 rings (SSSR count). The van der Waals surface area contributed by atoms with Crippen molar-refractivity contribution in [3.8, 4) is 5.75 Å². The molecule has 0 aliphatic heterocycles. The number of hydrogen-bond acceptors (Lipinski definition) is 4. The Labute approximate surface area is 170 Å². The molecule has 5 nitrogen and oxygen atoms in total. The van der Waals surface area contributed by atoms with Crippen LogP contribution in [-0.2, 0) is 4.79 Å². The summed E-state index contributed by atoms with van der Waals surface area (Å²) in [7, 11) is 0. The van der Waals surface area contributed by atoms with Crippen molar-refractivity contribution in [2.45, 2.75) is 70.1 Å². The van der Waals surface area contributed by atoms with Gasteiger partial charge in [0.2, 0.25) is 5.91 Å². The van der Waals surface area contributed by atoms with Crippen LogP contribution in [0.1, 0.15) is 52.4 Å². The molecule has 0 atom stereocenters. The van der Waals surface area contributed by atoms with E-state index in [0.29, 0.717) is 35.4 Å². The standard InChI is InChI=1S/C23H29FN2O3/c1-23(2,28)16-5-7-18(8-6-16)26-22(27)15-11-19(12-15)29-20-13-17(24)10-14-4-3-9-25-21(14)20/h3-4,9-10,13,15-16,18-19,28H,5-8,11-12H2,1-2H3,(H,26,27). The zero-order valence-corrected chi connectivity index (χ0v) is 17.0. The number of ether oxygens (including phenoxy) is 1. The predicted molar refractivity (Wildman–Crippen MR) is 109 cm³/mol. The Bertz CT molecular complexity index is 881. The van der Waals surface area contributed by atoms with Crippen LogP contribution in [-0.4, -0.2) is 33.7 Å². The van der Waals surface area contributed by atoms with E-state index in [-0.39, 0.29) is 29.8 Å². The summed E-state index contributed by atoms with van der Waals surface area (Å²) in [6, 6.07) is 6.58. The summed E-state index contributed by atoms with van der Waals surface area (Å²) in [5.74, 6) is 0.413. The summed E-state index contributed by atoms with van der Waals surface area (Å²) in [6.07, 6.45) is 6.53. The summed E-state index contributed by atoms with van der Waals surface area (Å²) in [5.41, 5.74) is -0.00549. The number of carbonyl (C=O) groups is 1. The molecule has 156 valence electrons. The van der Waals surface area contributed by atoms with Crippen molar-refractivity contribution in [2.24, 2.45) is 11.8 Å². The second-order valence-corrected chi connectivity index (χ2v) is 9.10. The molecular formula is C23H29FN2O3. The van der Waals surface area contributed by atoms with Gasteiger partial charge in [-0.1, -0.05) is 6.07 Å². The second-order valence-electron chi connectivity index (χ2n) is 9.10. The van der Waals surface area contributed by atoms with E-state index in [1.807, 2.05) is 19.9 Å². The topological polar surface area (TPSA) is 71.5 Å². The normalized spacial score (nSPS) is 27.3. The molecule has 2 N–H and O–H groups in total. The van der Waals surface area contributed by atoms with Gasteiger partial charge in [-0.25, -0.2) is 4.39 Å². The predicted octanol–water partition coefficient (Wildman–Crippen LogP) is 3.98. The largest absolute Gasteiger partial charge is 0.488 e. The number of aromatic nitrogens is 1. The molecule has 2 fully saturated rings. The van der Waals surface area contributed by atoms with Gasteiger partial charge in [-0.2, -0.15) is 0 Å². The van der Waals surface area contributed by atoms with Gasteiger partial charge in [-0.3, -0.25) is 9.78 Å². The highest BCUT2D eigenvalue weighted by Gasteiger charge is 2.38. The minimum Gasteiger partial charge on any atom is -0.488 e. The molecule has 6 heteroatoms. The third-order valence-electron chi connectivity index (χ3n) is 6.47. The maximum Gasteiger partial charge on any atom is 0.223 e. The van der Waals surface area contributed by atoms with E-state index in [1.54, 1.807) is 12.3 Å². The van der Waals surface area contributed by atoms with Crippen LogP contribution in [0.5, 0.6) is 5.75 Å². The fourth-order valence-electron chi connectivity index (χ4n) is 4.53. The van der Waals surface area contributed by atoms with E-state index in [9.17, 15) is 14.3 Å². The molecule has 0 unspecified atom stereocenters. The van der Waals surface area contributed by atoms with Gasteiger partial charge < -0.3 is 15.2 Å². The third-order valence-corrected chi connectivity index (χ3v) is 6.47. The molecule has 2 aliphatic carbocycles. The Hall–Kier alpha value is -2.21. The zero-order valence-electron chi connectivity index (χ0n) is 17.0. The highest BCUT2D eigenvalue weighted by Crippen LogP contribution is 2.36. The van der Waals surface area contributed by atoms with Crippen LogP contribution in [0.15, 0.2) is 30.5 Å². The number of halogens is 1. The maximum absolute atomic E-state index is 13.8. The number of benzene rings is 1. The van der Waals surface area contributed by atoms with Crippen molar-refractivity contribution in [3.05, 3.63) is 36.3 Å². The smallest absolute Gasteiger partial charge is 0.223 e. The highest BCUT2D eigenvalue weighted by atomic mass is 19.1. The first kappa shape index (κ1) is 20.1. The van der Waals surface area contributed by atoms with E-state index in [4.69, 9.17) is 4.74 Å². The lowest BCUT2D eigenvalue weighted by Crippen LogP contribution is -2.48. The van der Waals surface area contributed by atoms with Crippen molar-refractivity contribution < 1.29 is 19.0 Å². The Morgan fingerprint density at radius 2 is 1.97 bits per heavy atom. The Kier molecular flexibility index (Phi) is 5.47. The highest BCUT2D eigenvalue weighted by molar-refractivity contribution is 5.84. The molecule has 2 aliphatic rings. The zero-order chi connectivity index (χ0) is 20.6. The van der Waals surface area contributed by atoms with E-state index in [2.05, 4.69) is 10.3 Å². The number of nitrogens with one attached hydrogen (secondary N) is 1. The lowest BCUT2D eigenvalue weighted by molar-refractivity contribution is -0.131. The molecule has 0 bridgehead atoms. The first-order chi connectivity index (χ1) is 13.8. The average Bonchev–Trinajstić information content (AvgIpc) is 2.63. The van der Waals surface area contributed by atoms with E-state index >= 15 is 0 Å². The molecule has 1 amide bonds. The fraction of sp³-hybridized carbons (Fsp3) is 0.565. The van der Waals surface area contributed by atoms with Crippen LogP contribution < -0.4 is 10.1 Å². The molecule has 1 aromatic heterocycles. The van der Waals surface area contributed by atoms with Gasteiger partial charge in [0, 0.05) is 29.6 Å². The van der Waals surface area contributed by atoms with Crippen molar-refractivity contribution in [3.63, 3.8) is 0 Å². The average molecular weight is 400 g/mol. The van der Waals surface area contributed by atoms with Crippen molar-refractivity contribution in [1.29, 1.82) is 0 Å². The van der Waals surface area contributed by atoms with Gasteiger partial charge in [0.25, 0.3) is 0 Å². The first-order valence-corrected chi connectivity index (χ1v) is 10.5. The molecular weight excluding hydrogens is 371 g/mol. The van der Waals surface area contributed by atoms with E-state index < -0.39 is 5.60 Å². The lowest BCUT2D eigenvalue weighted by atomic mass is 9.76.